The standard InChI is InChI=1S/C69H83N3O11/c1-5-7-9-11-13-15-17-19-21-23-24-25-27-29-31-33-35-37-49-61(73)72-62(74)51-53-71-65(76)64(69(3,4)55-80-63(75)50-38-36-34-32-30-28-26-22-20-18-16-14-12-10-8-6-2)83-68(79)58-46-40-42-48-60(58)82-67(78)57-45-39-41-47-59(57)81-66(77)56-44-43-52-70-54-56/h7-10,13-16,19-22,24-25,28-32,34-35,37,39-48,52,54,64H,5-6,11-12,17-18,23,26-27,33,36,38,49-51,53,55H2,1-4H3,(H,71,76)(H,72,73,74)/b9-7-,10-8-,15-13-,16-14-,21-19-,22-20-,25-24-,30-28+,31-29-,34-32+,37-35-/t64-/m0/s1. The Hall–Kier alpha value is -8.78. The predicted molar refractivity (Wildman–Crippen MR) is 328 cm³/mol. The van der Waals surface area contributed by atoms with E-state index in [0.717, 1.165) is 57.8 Å². The van der Waals surface area contributed by atoms with Gasteiger partial charge >= 0.3 is 23.9 Å². The minimum Gasteiger partial charge on any atom is -0.465 e. The molecule has 1 aromatic heterocycles. The van der Waals surface area contributed by atoms with Gasteiger partial charge in [0, 0.05) is 43.6 Å². The van der Waals surface area contributed by atoms with Crippen LogP contribution in [0.25, 0.3) is 0 Å². The molecule has 0 unspecified atom stereocenters. The van der Waals surface area contributed by atoms with Gasteiger partial charge in [-0.3, -0.25) is 29.5 Å². The zero-order valence-corrected chi connectivity index (χ0v) is 48.7. The molecule has 2 aromatic carbocycles. The van der Waals surface area contributed by atoms with Crippen LogP contribution in [0.4, 0.5) is 0 Å². The average molecular weight is 1130 g/mol. The first-order valence-corrected chi connectivity index (χ1v) is 28.5. The molecule has 3 rings (SSSR count). The second-order valence-electron chi connectivity index (χ2n) is 19.4. The van der Waals surface area contributed by atoms with Gasteiger partial charge in [-0.2, -0.15) is 0 Å². The van der Waals surface area contributed by atoms with Crippen LogP contribution in [0, 0.1) is 5.41 Å². The molecule has 440 valence electrons. The number of ether oxygens (including phenoxy) is 4. The van der Waals surface area contributed by atoms with Crippen molar-refractivity contribution in [1.82, 2.24) is 15.6 Å². The van der Waals surface area contributed by atoms with Crippen LogP contribution in [0.2, 0.25) is 0 Å². The van der Waals surface area contributed by atoms with Crippen molar-refractivity contribution in [3.8, 4) is 11.5 Å². The van der Waals surface area contributed by atoms with E-state index >= 15 is 0 Å². The topological polar surface area (TPSA) is 193 Å². The van der Waals surface area contributed by atoms with Gasteiger partial charge in [0.2, 0.25) is 11.8 Å². The number of pyridine rings is 1. The summed E-state index contributed by atoms with van der Waals surface area (Å²) in [6.45, 7) is 6.79. The first kappa shape index (κ1) is 68.5. The van der Waals surface area contributed by atoms with Crippen LogP contribution in [0.1, 0.15) is 155 Å². The van der Waals surface area contributed by atoms with Crippen LogP contribution in [0.5, 0.6) is 11.5 Å². The third-order valence-electron chi connectivity index (χ3n) is 11.8. The number of benzene rings is 2. The van der Waals surface area contributed by atoms with Gasteiger partial charge in [-0.1, -0.05) is 186 Å². The molecule has 0 aliphatic heterocycles. The van der Waals surface area contributed by atoms with Crippen LogP contribution in [0.15, 0.2) is 207 Å². The van der Waals surface area contributed by atoms with Gasteiger partial charge in [0.25, 0.3) is 5.91 Å². The highest BCUT2D eigenvalue weighted by molar-refractivity contribution is 6.00. The number of carbonyl (C=O) groups excluding carboxylic acids is 7. The molecule has 3 amide bonds. The van der Waals surface area contributed by atoms with Gasteiger partial charge < -0.3 is 24.3 Å². The molecule has 2 N–H and O–H groups in total. The van der Waals surface area contributed by atoms with Gasteiger partial charge in [-0.15, -0.1) is 0 Å². The zero-order valence-electron chi connectivity index (χ0n) is 48.7. The fraction of sp³-hybridized carbons (Fsp3) is 0.333. The molecule has 3 aromatic rings. The van der Waals surface area contributed by atoms with Crippen LogP contribution in [0.3, 0.4) is 0 Å². The summed E-state index contributed by atoms with van der Waals surface area (Å²) in [4.78, 5) is 96.9. The number of esters is 4. The highest BCUT2D eigenvalue weighted by Crippen LogP contribution is 2.29. The fourth-order valence-electron chi connectivity index (χ4n) is 7.35. The number of hydrogen-bond acceptors (Lipinski definition) is 12. The number of imide groups is 1. The fourth-order valence-corrected chi connectivity index (χ4v) is 7.35. The molecule has 0 aliphatic rings. The monoisotopic (exact) mass is 1130 g/mol. The summed E-state index contributed by atoms with van der Waals surface area (Å²) in [5.74, 6) is -5.66. The van der Waals surface area contributed by atoms with Crippen molar-refractivity contribution in [3.05, 3.63) is 223 Å². The number of unbranched alkanes of at least 4 members (excludes halogenated alkanes) is 1. The first-order chi connectivity index (χ1) is 40.4. The lowest BCUT2D eigenvalue weighted by Crippen LogP contribution is -2.49. The number of nitrogens with zero attached hydrogens (tertiary/aromatic N) is 1. The smallest absolute Gasteiger partial charge is 0.347 e. The van der Waals surface area contributed by atoms with E-state index in [4.69, 9.17) is 18.9 Å². The molecule has 0 spiro atoms. The van der Waals surface area contributed by atoms with Crippen LogP contribution < -0.4 is 20.1 Å². The number of nitrogens with one attached hydrogen (secondary N) is 2. The Balaban J connectivity index is 1.59. The lowest BCUT2D eigenvalue weighted by Gasteiger charge is -2.32. The predicted octanol–water partition coefficient (Wildman–Crippen LogP) is 14.4. The van der Waals surface area contributed by atoms with Crippen LogP contribution in [-0.2, 0) is 28.7 Å². The summed E-state index contributed by atoms with van der Waals surface area (Å²) in [6.07, 6.45) is 56.4. The van der Waals surface area contributed by atoms with Gasteiger partial charge in [-0.25, -0.2) is 14.4 Å². The molecule has 0 bridgehead atoms. The van der Waals surface area contributed by atoms with Crippen molar-refractivity contribution < 1.29 is 52.5 Å². The van der Waals surface area contributed by atoms with Crippen molar-refractivity contribution in [2.45, 2.75) is 130 Å². The molecule has 1 heterocycles. The molecular formula is C69H83N3O11. The van der Waals surface area contributed by atoms with E-state index in [-0.39, 0.29) is 60.6 Å². The van der Waals surface area contributed by atoms with Crippen molar-refractivity contribution in [3.63, 3.8) is 0 Å². The maximum atomic E-state index is 14.1. The Morgan fingerprint density at radius 1 is 0.530 bits per heavy atom. The third kappa shape index (κ3) is 31.1. The second-order valence-corrected chi connectivity index (χ2v) is 19.4. The van der Waals surface area contributed by atoms with E-state index in [1.54, 1.807) is 32.1 Å². The Labute approximate surface area is 491 Å². The number of amides is 3. The van der Waals surface area contributed by atoms with E-state index in [0.29, 0.717) is 19.3 Å². The summed E-state index contributed by atoms with van der Waals surface area (Å²) >= 11 is 0. The quantitative estimate of drug-likeness (QED) is 0.0182. The molecule has 0 saturated carbocycles. The van der Waals surface area contributed by atoms with E-state index in [2.05, 4.69) is 115 Å². The average Bonchev–Trinajstić information content (AvgIpc) is 3.68. The van der Waals surface area contributed by atoms with Gasteiger partial charge in [-0.05, 0) is 113 Å². The SMILES string of the molecule is CC/C=C\C/C=C\C/C=C\C/C=C\C/C=C\C/C=C\CC(=O)NC(=O)CCNC(=O)[C@H](OC(=O)c1ccccc1OC(=O)c1ccccc1OC(=O)c1cccnc1)C(C)(C)COC(=O)CCC/C=C/C=C/C/C=C\C/C=C\C/C=C\CC. The molecule has 14 heteroatoms. The molecule has 83 heavy (non-hydrogen) atoms. The minimum atomic E-state index is -1.62. The molecular weight excluding hydrogens is 1050 g/mol. The minimum absolute atomic E-state index is 0.0284. The zero-order chi connectivity index (χ0) is 60.0. The highest BCUT2D eigenvalue weighted by Gasteiger charge is 2.40. The van der Waals surface area contributed by atoms with E-state index in [9.17, 15) is 33.6 Å². The third-order valence-corrected chi connectivity index (χ3v) is 11.8. The molecule has 1 atom stereocenters. The molecule has 0 radical (unpaired) electrons. The second kappa shape index (κ2) is 43.0. The van der Waals surface area contributed by atoms with Crippen molar-refractivity contribution in [2.75, 3.05) is 13.2 Å². The lowest BCUT2D eigenvalue weighted by molar-refractivity contribution is -0.153. The Bertz CT molecular complexity index is 2830. The maximum absolute atomic E-state index is 14.1. The molecule has 0 aliphatic carbocycles. The molecule has 0 saturated heterocycles. The first-order valence-electron chi connectivity index (χ1n) is 28.5. The summed E-state index contributed by atoms with van der Waals surface area (Å²) in [7, 11) is 0. The van der Waals surface area contributed by atoms with Gasteiger partial charge in [0.05, 0.1) is 5.56 Å². The largest absolute Gasteiger partial charge is 0.465 e. The summed E-state index contributed by atoms with van der Waals surface area (Å²) in [5.41, 5.74) is -1.57. The Kier molecular flexibility index (Phi) is 35.5. The van der Waals surface area contributed by atoms with Crippen molar-refractivity contribution in [2.24, 2.45) is 5.41 Å². The van der Waals surface area contributed by atoms with E-state index in [1.807, 2.05) is 42.5 Å². The number of rotatable bonds is 38. The molecule has 14 nitrogen and oxygen atoms in total. The Morgan fingerprint density at radius 2 is 1.01 bits per heavy atom. The summed E-state index contributed by atoms with van der Waals surface area (Å²) in [6, 6.07) is 14.6. The van der Waals surface area contributed by atoms with Crippen LogP contribution in [-0.4, -0.2) is 65.8 Å². The van der Waals surface area contributed by atoms with Gasteiger partial charge in [0.1, 0.15) is 29.2 Å². The van der Waals surface area contributed by atoms with E-state index < -0.39 is 53.1 Å². The number of carbonyl (C=O) groups is 7. The Morgan fingerprint density at radius 3 is 1.54 bits per heavy atom. The number of allylic oxidation sites excluding steroid dienone is 21. The summed E-state index contributed by atoms with van der Waals surface area (Å²) < 4.78 is 22.7. The van der Waals surface area contributed by atoms with Crippen LogP contribution >= 0.6 is 0 Å². The van der Waals surface area contributed by atoms with Gasteiger partial charge in [0.15, 0.2) is 6.10 Å². The van der Waals surface area contributed by atoms with E-state index in [1.165, 1.54) is 60.9 Å². The normalized spacial score (nSPS) is 12.7. The maximum Gasteiger partial charge on any atom is 0.347 e. The highest BCUT2D eigenvalue weighted by atomic mass is 16.6. The number of para-hydroxylation sites is 2. The molecule has 0 fully saturated rings. The number of hydrogen-bond donors (Lipinski definition) is 2. The lowest BCUT2D eigenvalue weighted by atomic mass is 9.86. The summed E-state index contributed by atoms with van der Waals surface area (Å²) in [5, 5.41) is 4.93. The van der Waals surface area contributed by atoms with Crippen molar-refractivity contribution >= 4 is 41.6 Å². The number of aromatic nitrogens is 1. The van der Waals surface area contributed by atoms with Crippen molar-refractivity contribution in [1.29, 1.82) is 0 Å².